The number of hydrogen-bond acceptors (Lipinski definition) is 0. The van der Waals surface area contributed by atoms with Gasteiger partial charge >= 0.3 is 0 Å². The second-order valence-electron chi connectivity index (χ2n) is 7.13. The Bertz CT molecular complexity index is 1470. The molecule has 0 bridgehead atoms. The van der Waals surface area contributed by atoms with E-state index in [1.807, 2.05) is 0 Å². The number of rotatable bonds is 0. The van der Waals surface area contributed by atoms with Crippen molar-refractivity contribution in [1.82, 2.24) is 0 Å². The van der Waals surface area contributed by atoms with E-state index in [4.69, 9.17) is 0 Å². The molecule has 156 valence electrons. The van der Waals surface area contributed by atoms with Gasteiger partial charge in [-0.3, -0.25) is 0 Å². The molecule has 0 aromatic heterocycles. The minimum Gasteiger partial charge on any atom is -0.206 e. The highest BCUT2D eigenvalue weighted by Crippen LogP contribution is 2.20. The van der Waals surface area contributed by atoms with Gasteiger partial charge in [0.25, 0.3) is 0 Å². The van der Waals surface area contributed by atoms with E-state index in [1.165, 1.54) is 24.3 Å². The molecule has 4 aromatic rings. The van der Waals surface area contributed by atoms with Crippen molar-refractivity contribution in [3.63, 3.8) is 0 Å². The highest BCUT2D eigenvalue weighted by Gasteiger charge is 2.09. The van der Waals surface area contributed by atoms with Gasteiger partial charge in [0.05, 0.1) is 11.1 Å². The van der Waals surface area contributed by atoms with Crippen molar-refractivity contribution < 1.29 is 22.0 Å². The Kier molecular flexibility index (Phi) is 5.67. The monoisotopic (exact) mass is 432 g/mol. The number of aryl methyl sites for hydroxylation is 1. The third kappa shape index (κ3) is 4.48. The van der Waals surface area contributed by atoms with Crippen molar-refractivity contribution in [3.8, 4) is 23.7 Å². The molecule has 32 heavy (non-hydrogen) atoms. The third-order valence-electron chi connectivity index (χ3n) is 4.72. The van der Waals surface area contributed by atoms with E-state index in [-0.39, 0.29) is 11.1 Å². The maximum Gasteiger partial charge on any atom is 0.159 e. The fourth-order valence-electron chi connectivity index (χ4n) is 3.08. The van der Waals surface area contributed by atoms with E-state index in [0.29, 0.717) is 16.3 Å². The minimum absolute atomic E-state index is 0.0359. The molecule has 0 radical (unpaired) electrons. The van der Waals surface area contributed by atoms with E-state index < -0.39 is 34.6 Å². The number of fused-ring (bicyclic) bond motifs is 1. The molecule has 0 fully saturated rings. The second-order valence-corrected chi connectivity index (χ2v) is 7.13. The summed E-state index contributed by atoms with van der Waals surface area (Å²) >= 11 is 0. The summed E-state index contributed by atoms with van der Waals surface area (Å²) in [4.78, 5) is 0. The molecule has 0 unspecified atom stereocenters. The molecule has 4 rings (SSSR count). The lowest BCUT2D eigenvalue weighted by atomic mass is 10.1. The van der Waals surface area contributed by atoms with E-state index in [1.54, 1.807) is 19.1 Å². The van der Waals surface area contributed by atoms with Crippen LogP contribution in [0.5, 0.6) is 0 Å². The molecule has 0 aliphatic rings. The first-order valence-electron chi connectivity index (χ1n) is 9.48. The first-order chi connectivity index (χ1) is 15.3. The van der Waals surface area contributed by atoms with Gasteiger partial charge in [0, 0.05) is 11.1 Å². The first kappa shape index (κ1) is 21.2. The van der Waals surface area contributed by atoms with Crippen LogP contribution in [0, 0.1) is 59.7 Å². The largest absolute Gasteiger partial charge is 0.206 e. The Morgan fingerprint density at radius 1 is 0.500 bits per heavy atom. The molecule has 0 amide bonds. The Morgan fingerprint density at radius 3 is 1.84 bits per heavy atom. The molecule has 0 N–H and O–H groups in total. The van der Waals surface area contributed by atoms with Gasteiger partial charge in [0.1, 0.15) is 17.5 Å². The summed E-state index contributed by atoms with van der Waals surface area (Å²) in [6.45, 7) is 1.74. The first-order valence-corrected chi connectivity index (χ1v) is 9.48. The SMILES string of the molecule is Cc1ccc(C#Cc2cc(F)c(C#Cc3ccc4cc(F)c(F)cc4c3)c(F)c2)c(F)c1. The van der Waals surface area contributed by atoms with E-state index in [2.05, 4.69) is 23.7 Å². The molecule has 4 aromatic carbocycles. The van der Waals surface area contributed by atoms with Gasteiger partial charge in [-0.25, -0.2) is 22.0 Å². The number of halogens is 5. The predicted octanol–water partition coefficient (Wildman–Crippen LogP) is 6.64. The molecule has 0 spiro atoms. The fourth-order valence-corrected chi connectivity index (χ4v) is 3.08. The van der Waals surface area contributed by atoms with Gasteiger partial charge in [0.15, 0.2) is 11.6 Å². The molecule has 0 aliphatic carbocycles. The number of hydrogen-bond donors (Lipinski definition) is 0. The zero-order valence-corrected chi connectivity index (χ0v) is 16.7. The average molecular weight is 432 g/mol. The van der Waals surface area contributed by atoms with Crippen LogP contribution < -0.4 is 0 Å². The van der Waals surface area contributed by atoms with E-state index in [9.17, 15) is 22.0 Å². The second kappa shape index (κ2) is 8.57. The van der Waals surface area contributed by atoms with Crippen LogP contribution in [0.4, 0.5) is 22.0 Å². The summed E-state index contributed by atoms with van der Waals surface area (Å²) in [5.74, 6) is 5.86. The Morgan fingerprint density at radius 2 is 1.16 bits per heavy atom. The highest BCUT2D eigenvalue weighted by molar-refractivity contribution is 5.84. The zero-order chi connectivity index (χ0) is 22.8. The van der Waals surface area contributed by atoms with Crippen molar-refractivity contribution >= 4 is 10.8 Å². The quantitative estimate of drug-likeness (QED) is 0.216. The van der Waals surface area contributed by atoms with E-state index in [0.717, 1.165) is 29.8 Å². The Balaban J connectivity index is 1.64. The Labute approximate surface area is 181 Å². The normalized spacial score (nSPS) is 10.3. The molecule has 0 saturated heterocycles. The van der Waals surface area contributed by atoms with Crippen molar-refractivity contribution in [2.45, 2.75) is 6.92 Å². The fraction of sp³-hybridized carbons (Fsp3) is 0.0370. The summed E-state index contributed by atoms with van der Waals surface area (Å²) in [6, 6.07) is 13.2. The average Bonchev–Trinajstić information content (AvgIpc) is 2.73. The van der Waals surface area contributed by atoms with Crippen molar-refractivity contribution in [2.24, 2.45) is 0 Å². The van der Waals surface area contributed by atoms with Crippen LogP contribution in [0.15, 0.2) is 60.7 Å². The predicted molar refractivity (Wildman–Crippen MR) is 113 cm³/mol. The van der Waals surface area contributed by atoms with Crippen LogP contribution in [0.3, 0.4) is 0 Å². The summed E-state index contributed by atoms with van der Waals surface area (Å²) in [5.41, 5.74) is 0.807. The molecule has 0 atom stereocenters. The van der Waals surface area contributed by atoms with Crippen molar-refractivity contribution in [3.05, 3.63) is 118 Å². The molecule has 0 aliphatic heterocycles. The van der Waals surface area contributed by atoms with Crippen molar-refractivity contribution in [1.29, 1.82) is 0 Å². The molecule has 0 heterocycles. The van der Waals surface area contributed by atoms with Gasteiger partial charge in [0.2, 0.25) is 0 Å². The van der Waals surface area contributed by atoms with Crippen LogP contribution in [0.2, 0.25) is 0 Å². The van der Waals surface area contributed by atoms with Crippen molar-refractivity contribution in [2.75, 3.05) is 0 Å². The zero-order valence-electron chi connectivity index (χ0n) is 16.7. The Hall–Kier alpha value is -4.09. The molecular weight excluding hydrogens is 419 g/mol. The minimum atomic E-state index is -0.998. The van der Waals surface area contributed by atoms with Gasteiger partial charge in [-0.2, -0.15) is 0 Å². The van der Waals surface area contributed by atoms with Crippen LogP contribution in [0.25, 0.3) is 10.8 Å². The smallest absolute Gasteiger partial charge is 0.159 e. The van der Waals surface area contributed by atoms with Gasteiger partial charge in [-0.1, -0.05) is 35.8 Å². The maximum atomic E-state index is 14.4. The maximum absolute atomic E-state index is 14.4. The molecular formula is C27H13F5. The van der Waals surface area contributed by atoms with Gasteiger partial charge in [-0.15, -0.1) is 0 Å². The molecule has 5 heteroatoms. The summed E-state index contributed by atoms with van der Waals surface area (Å²) < 4.78 is 69.5. The van der Waals surface area contributed by atoms with Gasteiger partial charge < -0.3 is 0 Å². The standard InChI is InChI=1S/C27H13F5/c1-16-2-6-19(23(28)10-16)7-4-18-12-24(29)22(25(30)13-18)9-5-17-3-8-20-14-26(31)27(32)15-21(20)11-17/h2-3,6,8,10-15H,1H3. The van der Waals surface area contributed by atoms with Crippen LogP contribution >= 0.6 is 0 Å². The summed E-state index contributed by atoms with van der Waals surface area (Å²) in [5, 5.41) is 0.880. The molecule has 0 nitrogen and oxygen atoms in total. The van der Waals surface area contributed by atoms with Crippen LogP contribution in [-0.2, 0) is 0 Å². The number of benzene rings is 4. The lowest BCUT2D eigenvalue weighted by molar-refractivity contribution is 0.511. The lowest BCUT2D eigenvalue weighted by Crippen LogP contribution is -1.93. The third-order valence-corrected chi connectivity index (χ3v) is 4.72. The van der Waals surface area contributed by atoms with Crippen LogP contribution in [0.1, 0.15) is 27.8 Å². The summed E-state index contributed by atoms with van der Waals surface area (Å²) in [6.07, 6.45) is 0. The van der Waals surface area contributed by atoms with E-state index >= 15 is 0 Å². The lowest BCUT2D eigenvalue weighted by Gasteiger charge is -2.01. The van der Waals surface area contributed by atoms with Gasteiger partial charge in [-0.05, 0) is 71.8 Å². The topological polar surface area (TPSA) is 0 Å². The summed E-state index contributed by atoms with van der Waals surface area (Å²) in [7, 11) is 0. The molecule has 0 saturated carbocycles. The highest BCUT2D eigenvalue weighted by atomic mass is 19.2. The van der Waals surface area contributed by atoms with Crippen LogP contribution in [-0.4, -0.2) is 0 Å².